The third kappa shape index (κ3) is 6.20. The quantitative estimate of drug-likeness (QED) is 0.165. The number of hydrogen-bond donors (Lipinski definition) is 0. The highest BCUT2D eigenvalue weighted by Crippen LogP contribution is 2.63. The number of hydrogen-bond acceptors (Lipinski definition) is 4. The van der Waals surface area contributed by atoms with Gasteiger partial charge in [0.1, 0.15) is 5.58 Å². The van der Waals surface area contributed by atoms with Gasteiger partial charge in [-0.25, -0.2) is 0 Å². The maximum absolute atomic E-state index is 7.20. The Balaban J connectivity index is 1.08. The van der Waals surface area contributed by atoms with Crippen molar-refractivity contribution in [2.75, 3.05) is 14.7 Å². The van der Waals surface area contributed by atoms with Gasteiger partial charge in [-0.15, -0.1) is 0 Å². The lowest BCUT2D eigenvalue weighted by Crippen LogP contribution is -2.62. The van der Waals surface area contributed by atoms with Crippen molar-refractivity contribution in [3.8, 4) is 11.1 Å². The van der Waals surface area contributed by atoms with Crippen molar-refractivity contribution >= 4 is 90.5 Å². The number of anilines is 8. The van der Waals surface area contributed by atoms with Crippen LogP contribution in [0.4, 0.5) is 45.5 Å². The largest absolute Gasteiger partial charge is 0.454 e. The van der Waals surface area contributed by atoms with Gasteiger partial charge in [0.15, 0.2) is 5.58 Å². The maximum Gasteiger partial charge on any atom is 0.252 e. The van der Waals surface area contributed by atoms with E-state index in [0.717, 1.165) is 53.3 Å². The molecule has 8 aromatic carbocycles. The van der Waals surface area contributed by atoms with Crippen LogP contribution in [-0.4, -0.2) is 12.3 Å². The van der Waals surface area contributed by atoms with Crippen molar-refractivity contribution in [3.63, 3.8) is 0 Å². The topological polar surface area (TPSA) is 22.9 Å². The first-order valence-electron chi connectivity index (χ1n) is 30.3. The molecular weight excluding hydrogens is 970 g/mol. The number of fused-ring (bicyclic) bond motifs is 15. The van der Waals surface area contributed by atoms with Crippen LogP contribution in [0.25, 0.3) is 33.1 Å². The number of rotatable bonds is 3. The van der Waals surface area contributed by atoms with Crippen LogP contribution in [-0.2, 0) is 32.5 Å². The van der Waals surface area contributed by atoms with E-state index in [4.69, 9.17) is 4.42 Å². The Hall–Kier alpha value is -6.98. The van der Waals surface area contributed by atoms with Crippen LogP contribution in [0.15, 0.2) is 150 Å². The van der Waals surface area contributed by atoms with Crippen LogP contribution in [0.5, 0.6) is 0 Å². The van der Waals surface area contributed by atoms with Crippen LogP contribution in [0.3, 0.4) is 0 Å². The van der Waals surface area contributed by atoms with Gasteiger partial charge in [0, 0.05) is 61.4 Å². The number of nitrogens with zero attached hydrogens (tertiary/aromatic N) is 3. The van der Waals surface area contributed by atoms with E-state index < -0.39 is 0 Å². The summed E-state index contributed by atoms with van der Waals surface area (Å²) in [4.78, 5) is 8.27. The molecule has 1 aromatic heterocycles. The Morgan fingerprint density at radius 3 is 1.73 bits per heavy atom. The van der Waals surface area contributed by atoms with Gasteiger partial charge < -0.3 is 19.1 Å². The molecule has 80 heavy (non-hydrogen) atoms. The van der Waals surface area contributed by atoms with Crippen molar-refractivity contribution in [1.82, 2.24) is 0 Å². The molecular formula is C75H76BN3O. The normalized spacial score (nSPS) is 23.4. The van der Waals surface area contributed by atoms with E-state index in [9.17, 15) is 0 Å². The zero-order valence-electron chi connectivity index (χ0n) is 49.3. The molecule has 0 N–H and O–H groups in total. The van der Waals surface area contributed by atoms with E-state index in [1.54, 1.807) is 0 Å². The average Bonchev–Trinajstić information content (AvgIpc) is 4.04. The predicted molar refractivity (Wildman–Crippen MR) is 339 cm³/mol. The van der Waals surface area contributed by atoms with Gasteiger partial charge in [-0.3, -0.25) is 0 Å². The predicted octanol–water partition coefficient (Wildman–Crippen LogP) is 18.4. The molecule has 0 spiro atoms. The first-order chi connectivity index (χ1) is 38.1. The molecule has 7 aliphatic rings. The molecule has 1 fully saturated rings. The molecule has 16 rings (SSSR count). The van der Waals surface area contributed by atoms with E-state index in [1.807, 2.05) is 0 Å². The summed E-state index contributed by atoms with van der Waals surface area (Å²) in [6.07, 6.45) is 9.40. The standard InChI is InChI=1S/C75H76BN3O/c1-69(2)34-35-70(3,4)55-38-45(30-31-52(55)69)77-62-44-57-56(71(5,6)36-37-72(57,7)8)42-59(62)76-58-41-50-47-22-13-15-25-51(47)73(9,10)54(50)43-63(58)78(61-28-21-24-49-48-23-14-18-29-66(48)80-68(49)61)65-40-46(39-64(77)67(65)76)79-60-27-17-16-26-53(60)74(11)32-19-20-33-75(74,79)12/h13-18,21-31,38-44H,19-20,32-37H2,1-12H3. The summed E-state index contributed by atoms with van der Waals surface area (Å²) >= 11 is 0. The fourth-order valence-corrected chi connectivity index (χ4v) is 17.6. The van der Waals surface area contributed by atoms with Crippen LogP contribution < -0.4 is 31.1 Å². The zero-order chi connectivity index (χ0) is 55.0. The van der Waals surface area contributed by atoms with Crippen molar-refractivity contribution in [3.05, 3.63) is 185 Å². The summed E-state index contributed by atoms with van der Waals surface area (Å²) in [6.45, 7) is 30.0. The van der Waals surface area contributed by atoms with Crippen molar-refractivity contribution in [2.24, 2.45) is 0 Å². The Morgan fingerprint density at radius 1 is 0.388 bits per heavy atom. The van der Waals surface area contributed by atoms with Gasteiger partial charge in [-0.05, 0) is 188 Å². The SMILES string of the molecule is CC1(C)CCC(C)(C)c2cc(N3c4cc5c(cc4B4c6cc7c(cc6N(c6cccc8c6oc6ccccc68)c6cc(N8c9ccccc9C9(C)CCCCC89C)cc3c64)C(C)(C)c3ccccc3-7)C(C)(C)CCC5(C)C)ccc21. The van der Waals surface area contributed by atoms with Gasteiger partial charge in [0.25, 0.3) is 6.71 Å². The van der Waals surface area contributed by atoms with Gasteiger partial charge in [-0.1, -0.05) is 180 Å². The minimum absolute atomic E-state index is 0.00263. The molecule has 0 radical (unpaired) electrons. The second-order valence-electron chi connectivity index (χ2n) is 29.3. The van der Waals surface area contributed by atoms with E-state index in [1.165, 1.54) is 132 Å². The molecule has 0 saturated heterocycles. The Morgan fingerprint density at radius 2 is 0.963 bits per heavy atom. The van der Waals surface area contributed by atoms with Crippen LogP contribution in [0.2, 0.25) is 0 Å². The van der Waals surface area contributed by atoms with Crippen molar-refractivity contribution in [2.45, 2.75) is 172 Å². The molecule has 3 aliphatic heterocycles. The van der Waals surface area contributed by atoms with Crippen molar-refractivity contribution in [1.29, 1.82) is 0 Å². The Kier molecular flexibility index (Phi) is 9.61. The summed E-state index contributed by atoms with van der Waals surface area (Å²) in [6, 6.07) is 57.8. The number of furan rings is 1. The highest BCUT2D eigenvalue weighted by molar-refractivity contribution is 7.00. The minimum atomic E-state index is -0.213. The van der Waals surface area contributed by atoms with E-state index >= 15 is 0 Å². The molecule has 2 atom stereocenters. The molecule has 400 valence electrons. The third-order valence-corrected chi connectivity index (χ3v) is 22.7. The number of benzene rings is 8. The first kappa shape index (κ1) is 48.9. The molecule has 5 heteroatoms. The summed E-state index contributed by atoms with van der Waals surface area (Å²) in [5, 5.41) is 2.29. The van der Waals surface area contributed by atoms with Crippen molar-refractivity contribution < 1.29 is 4.42 Å². The molecule has 4 aliphatic carbocycles. The Labute approximate surface area is 475 Å². The monoisotopic (exact) mass is 1050 g/mol. The van der Waals surface area contributed by atoms with Gasteiger partial charge >= 0.3 is 0 Å². The smallest absolute Gasteiger partial charge is 0.252 e. The lowest BCUT2D eigenvalue weighted by atomic mass is 9.33. The number of para-hydroxylation sites is 3. The van der Waals surface area contributed by atoms with Gasteiger partial charge in [0.2, 0.25) is 0 Å². The lowest BCUT2D eigenvalue weighted by molar-refractivity contribution is 0.195. The molecule has 0 bridgehead atoms. The van der Waals surface area contributed by atoms with E-state index in [2.05, 4.69) is 243 Å². The molecule has 2 unspecified atom stereocenters. The average molecular weight is 1050 g/mol. The van der Waals surface area contributed by atoms with Gasteiger partial charge in [-0.2, -0.15) is 0 Å². The molecule has 4 nitrogen and oxygen atoms in total. The molecule has 9 aromatic rings. The van der Waals surface area contributed by atoms with Crippen LogP contribution >= 0.6 is 0 Å². The summed E-state index contributed by atoms with van der Waals surface area (Å²) in [5.74, 6) is 0. The lowest BCUT2D eigenvalue weighted by Gasteiger charge is -2.51. The van der Waals surface area contributed by atoms with E-state index in [0.29, 0.717) is 0 Å². The Bertz CT molecular complexity index is 4210. The highest BCUT2D eigenvalue weighted by atomic mass is 16.3. The fourth-order valence-electron chi connectivity index (χ4n) is 17.6. The molecule has 1 saturated carbocycles. The fraction of sp³-hybridized carbons (Fsp3) is 0.360. The summed E-state index contributed by atoms with van der Waals surface area (Å²) in [5.41, 5.74) is 28.6. The summed E-state index contributed by atoms with van der Waals surface area (Å²) < 4.78 is 7.20. The highest BCUT2D eigenvalue weighted by Gasteiger charge is 2.58. The van der Waals surface area contributed by atoms with Gasteiger partial charge in [0.05, 0.1) is 11.2 Å². The van der Waals surface area contributed by atoms with Crippen LogP contribution in [0.1, 0.15) is 173 Å². The second-order valence-corrected chi connectivity index (χ2v) is 29.3. The zero-order valence-corrected chi connectivity index (χ0v) is 49.3. The summed E-state index contributed by atoms with van der Waals surface area (Å²) in [7, 11) is 0. The molecule has 4 heterocycles. The van der Waals surface area contributed by atoms with Crippen LogP contribution in [0, 0.1) is 0 Å². The van der Waals surface area contributed by atoms with E-state index in [-0.39, 0.29) is 44.7 Å². The minimum Gasteiger partial charge on any atom is -0.454 e. The molecule has 0 amide bonds. The first-order valence-corrected chi connectivity index (χ1v) is 30.3. The third-order valence-electron chi connectivity index (χ3n) is 22.7. The second kappa shape index (κ2) is 15.7. The maximum atomic E-state index is 7.20.